The number of hydrogen-bond acceptors (Lipinski definition) is 2. The van der Waals surface area contributed by atoms with E-state index >= 15 is 0 Å². The summed E-state index contributed by atoms with van der Waals surface area (Å²) in [4.78, 5) is 14.4. The molecule has 1 atom stereocenters. The lowest BCUT2D eigenvalue weighted by atomic mass is 9.88. The number of benzene rings is 1. The Labute approximate surface area is 166 Å². The van der Waals surface area contributed by atoms with Crippen molar-refractivity contribution in [3.05, 3.63) is 46.1 Å². The minimum absolute atomic E-state index is 0.0358. The summed E-state index contributed by atoms with van der Waals surface area (Å²) in [5.41, 5.74) is 4.83. The lowest BCUT2D eigenvalue weighted by Gasteiger charge is -2.32. The Balaban J connectivity index is 1.81. The van der Waals surface area contributed by atoms with E-state index in [1.807, 2.05) is 52.1 Å². The van der Waals surface area contributed by atoms with Crippen LogP contribution in [0.1, 0.15) is 52.0 Å². The van der Waals surface area contributed by atoms with Crippen LogP contribution in [0, 0.1) is 12.3 Å². The highest BCUT2D eigenvalue weighted by Crippen LogP contribution is 2.37. The van der Waals surface area contributed by atoms with Crippen molar-refractivity contribution < 1.29 is 9.18 Å². The summed E-state index contributed by atoms with van der Waals surface area (Å²) in [6, 6.07) is 3.91. The molecule has 5 heteroatoms. The van der Waals surface area contributed by atoms with Gasteiger partial charge in [-0.3, -0.25) is 4.79 Å². The number of hydrogen-bond donors (Lipinski definition) is 1. The Kier molecular flexibility index (Phi) is 5.66. The van der Waals surface area contributed by atoms with Crippen molar-refractivity contribution in [3.8, 4) is 0 Å². The minimum atomic E-state index is -0.786. The van der Waals surface area contributed by atoms with Gasteiger partial charge < -0.3 is 10.2 Å². The second-order valence-corrected chi connectivity index (χ2v) is 9.18. The van der Waals surface area contributed by atoms with Gasteiger partial charge in [0.25, 0.3) is 0 Å². The zero-order chi connectivity index (χ0) is 19.8. The molecule has 0 aromatic heterocycles. The normalized spacial score (nSPS) is 19.9. The Morgan fingerprint density at radius 3 is 2.74 bits per heavy atom. The van der Waals surface area contributed by atoms with Crippen LogP contribution in [0.15, 0.2) is 35.6 Å². The smallest absolute Gasteiger partial charge is 0.224 e. The van der Waals surface area contributed by atoms with Gasteiger partial charge in [0.05, 0.1) is 10.7 Å². The second kappa shape index (κ2) is 7.67. The van der Waals surface area contributed by atoms with Gasteiger partial charge in [-0.05, 0) is 54.0 Å². The first kappa shape index (κ1) is 19.9. The van der Waals surface area contributed by atoms with E-state index in [9.17, 15) is 9.18 Å². The highest BCUT2D eigenvalue weighted by molar-refractivity contribution is 6.34. The van der Waals surface area contributed by atoms with Gasteiger partial charge in [-0.1, -0.05) is 38.4 Å². The zero-order valence-corrected chi connectivity index (χ0v) is 17.3. The van der Waals surface area contributed by atoms with Gasteiger partial charge in [0.1, 0.15) is 6.17 Å². The molecule has 0 fully saturated rings. The number of carbonyl (C=O) groups is 1. The van der Waals surface area contributed by atoms with Crippen molar-refractivity contribution in [2.24, 2.45) is 5.41 Å². The maximum Gasteiger partial charge on any atom is 0.224 e. The Hall–Kier alpha value is -1.81. The largest absolute Gasteiger partial charge is 0.347 e. The van der Waals surface area contributed by atoms with Crippen LogP contribution >= 0.6 is 11.6 Å². The molecule has 1 aromatic carbocycles. The predicted octanol–water partition coefficient (Wildman–Crippen LogP) is 6.18. The molecule has 0 bridgehead atoms. The molecular formula is C22H28ClFN2O. The molecule has 1 aromatic rings. The molecule has 1 heterocycles. The maximum atomic E-state index is 13.7. The average Bonchev–Trinajstić information content (AvgIpc) is 2.55. The quantitative estimate of drug-likeness (QED) is 0.668. The van der Waals surface area contributed by atoms with Crippen molar-refractivity contribution in [2.45, 2.75) is 59.5 Å². The molecule has 3 nitrogen and oxygen atoms in total. The van der Waals surface area contributed by atoms with E-state index in [2.05, 4.69) is 10.2 Å². The fraction of sp³-hybridized carbons (Fsp3) is 0.500. The molecule has 0 saturated heterocycles. The zero-order valence-electron chi connectivity index (χ0n) is 16.5. The van der Waals surface area contributed by atoms with E-state index < -0.39 is 6.17 Å². The van der Waals surface area contributed by atoms with Crippen molar-refractivity contribution >= 4 is 28.9 Å². The molecule has 1 aliphatic heterocycles. The summed E-state index contributed by atoms with van der Waals surface area (Å²) in [6.45, 7) is 8.89. The standard InChI is InChI=1S/C22H28ClFN2O/c1-14-9-18(11-19(23)21(14)25-20(27)12-22(2,3)4)26-8-7-15-5-6-17(24)10-16(15)13-26/h5,9,11,13,17H,6-8,10,12H2,1-4H3,(H,25,27). The van der Waals surface area contributed by atoms with Crippen molar-refractivity contribution in [1.29, 1.82) is 0 Å². The molecule has 146 valence electrons. The highest BCUT2D eigenvalue weighted by Gasteiger charge is 2.24. The van der Waals surface area contributed by atoms with Crippen molar-refractivity contribution in [1.82, 2.24) is 0 Å². The molecule has 2 aliphatic rings. The van der Waals surface area contributed by atoms with Crippen molar-refractivity contribution in [2.75, 3.05) is 16.8 Å². The fourth-order valence-electron chi connectivity index (χ4n) is 3.67. The molecule has 27 heavy (non-hydrogen) atoms. The van der Waals surface area contributed by atoms with Gasteiger partial charge in [0.15, 0.2) is 0 Å². The summed E-state index contributed by atoms with van der Waals surface area (Å²) in [7, 11) is 0. The van der Waals surface area contributed by atoms with Crippen LogP contribution in [0.3, 0.4) is 0 Å². The number of halogens is 2. The minimum Gasteiger partial charge on any atom is -0.347 e. The average molecular weight is 391 g/mol. The highest BCUT2D eigenvalue weighted by atomic mass is 35.5. The predicted molar refractivity (Wildman–Crippen MR) is 111 cm³/mol. The SMILES string of the molecule is Cc1cc(N2C=C3CC(F)CC=C3CC2)cc(Cl)c1NC(=O)CC(C)(C)C. The molecule has 1 N–H and O–H groups in total. The summed E-state index contributed by atoms with van der Waals surface area (Å²) in [6.07, 6.45) is 5.65. The summed E-state index contributed by atoms with van der Waals surface area (Å²) >= 11 is 6.50. The number of rotatable bonds is 3. The molecule has 0 spiro atoms. The molecule has 3 rings (SSSR count). The van der Waals surface area contributed by atoms with E-state index in [0.717, 1.165) is 29.8 Å². The second-order valence-electron chi connectivity index (χ2n) is 8.77. The van der Waals surface area contributed by atoms with Crippen LogP contribution in [-0.2, 0) is 4.79 Å². The maximum absolute atomic E-state index is 13.7. The van der Waals surface area contributed by atoms with Crippen LogP contribution < -0.4 is 10.2 Å². The van der Waals surface area contributed by atoms with E-state index in [1.165, 1.54) is 5.57 Å². The lowest BCUT2D eigenvalue weighted by molar-refractivity contribution is -0.117. The monoisotopic (exact) mass is 390 g/mol. The molecule has 1 amide bonds. The summed E-state index contributed by atoms with van der Waals surface area (Å²) < 4.78 is 13.7. The summed E-state index contributed by atoms with van der Waals surface area (Å²) in [5.74, 6) is -0.0358. The number of allylic oxidation sites excluding steroid dienone is 2. The third kappa shape index (κ3) is 4.92. The number of aryl methyl sites for hydroxylation is 1. The first-order valence-electron chi connectivity index (χ1n) is 9.53. The first-order valence-corrected chi connectivity index (χ1v) is 9.91. The number of fused-ring (bicyclic) bond motifs is 1. The lowest BCUT2D eigenvalue weighted by Crippen LogP contribution is -2.26. The van der Waals surface area contributed by atoms with Gasteiger partial charge >= 0.3 is 0 Å². The number of anilines is 2. The van der Waals surface area contributed by atoms with Crippen LogP contribution in [0.4, 0.5) is 15.8 Å². The Morgan fingerprint density at radius 2 is 2.07 bits per heavy atom. The number of alkyl halides is 1. The molecule has 0 saturated carbocycles. The Morgan fingerprint density at radius 1 is 1.33 bits per heavy atom. The van der Waals surface area contributed by atoms with Crippen LogP contribution in [0.2, 0.25) is 5.02 Å². The number of nitrogens with zero attached hydrogens (tertiary/aromatic N) is 1. The van der Waals surface area contributed by atoms with E-state index in [0.29, 0.717) is 30.0 Å². The third-order valence-corrected chi connectivity index (χ3v) is 5.26. The van der Waals surface area contributed by atoms with Crippen LogP contribution in [0.5, 0.6) is 0 Å². The van der Waals surface area contributed by atoms with Gasteiger partial charge in [0, 0.05) is 31.3 Å². The van der Waals surface area contributed by atoms with Gasteiger partial charge in [0.2, 0.25) is 5.91 Å². The van der Waals surface area contributed by atoms with Gasteiger partial charge in [-0.15, -0.1) is 0 Å². The van der Waals surface area contributed by atoms with E-state index in [-0.39, 0.29) is 11.3 Å². The van der Waals surface area contributed by atoms with E-state index in [1.54, 1.807) is 0 Å². The third-order valence-electron chi connectivity index (χ3n) is 4.97. The Bertz CT molecular complexity index is 784. The van der Waals surface area contributed by atoms with Crippen LogP contribution in [-0.4, -0.2) is 18.6 Å². The van der Waals surface area contributed by atoms with E-state index in [4.69, 9.17) is 11.6 Å². The number of carbonyl (C=O) groups excluding carboxylic acids is 1. The summed E-state index contributed by atoms with van der Waals surface area (Å²) in [5, 5.41) is 3.48. The molecule has 1 aliphatic carbocycles. The first-order chi connectivity index (χ1) is 12.6. The molecular weight excluding hydrogens is 363 g/mol. The molecule has 1 unspecified atom stereocenters. The van der Waals surface area contributed by atoms with Gasteiger partial charge in [-0.25, -0.2) is 4.39 Å². The fourth-order valence-corrected chi connectivity index (χ4v) is 3.97. The number of amides is 1. The van der Waals surface area contributed by atoms with Gasteiger partial charge in [-0.2, -0.15) is 0 Å². The topological polar surface area (TPSA) is 32.3 Å². The number of nitrogens with one attached hydrogen (secondary N) is 1. The molecule has 0 radical (unpaired) electrons. The van der Waals surface area contributed by atoms with Crippen molar-refractivity contribution in [3.63, 3.8) is 0 Å². The van der Waals surface area contributed by atoms with Crippen LogP contribution in [0.25, 0.3) is 0 Å².